The molecule has 0 unspecified atom stereocenters. The Morgan fingerprint density at radius 1 is 1.23 bits per heavy atom. The van der Waals surface area contributed by atoms with Gasteiger partial charge in [-0.25, -0.2) is 0 Å². The van der Waals surface area contributed by atoms with Gasteiger partial charge in [0.05, 0.1) is 11.8 Å². The smallest absolute Gasteiger partial charge is 0.249 e. The highest BCUT2D eigenvalue weighted by atomic mass is 32.2. The summed E-state index contributed by atoms with van der Waals surface area (Å²) in [5.41, 5.74) is 2.19. The summed E-state index contributed by atoms with van der Waals surface area (Å²) in [4.78, 5) is 18.7. The van der Waals surface area contributed by atoms with Crippen LogP contribution in [-0.2, 0) is 11.3 Å². The van der Waals surface area contributed by atoms with Gasteiger partial charge in [-0.15, -0.1) is 11.8 Å². The fourth-order valence-corrected chi connectivity index (χ4v) is 4.82. The third kappa shape index (κ3) is 4.02. The van der Waals surface area contributed by atoms with Crippen LogP contribution in [0.3, 0.4) is 0 Å². The molecule has 136 valence electrons. The molecule has 2 aromatic carbocycles. The van der Waals surface area contributed by atoms with Crippen LogP contribution in [0.1, 0.15) is 18.9 Å². The first-order valence-corrected chi connectivity index (χ1v) is 10.4. The van der Waals surface area contributed by atoms with E-state index in [9.17, 15) is 4.79 Å². The van der Waals surface area contributed by atoms with Crippen molar-refractivity contribution >= 4 is 39.2 Å². The Kier molecular flexibility index (Phi) is 6.16. The molecule has 1 amide bonds. The summed E-state index contributed by atoms with van der Waals surface area (Å²) >= 11 is 3.23. The topological polar surface area (TPSA) is 43.6 Å². The number of carbonyl (C=O) groups is 1. The molecule has 26 heavy (non-hydrogen) atoms. The Morgan fingerprint density at radius 3 is 2.69 bits per heavy atom. The average Bonchev–Trinajstić information content (AvgIpc) is 3.02. The Morgan fingerprint density at radius 2 is 2.00 bits per heavy atom. The predicted octanol–water partition coefficient (Wildman–Crippen LogP) is 4.65. The molecule has 0 aliphatic rings. The summed E-state index contributed by atoms with van der Waals surface area (Å²) in [6.07, 6.45) is 0.424. The Labute approximate surface area is 161 Å². The molecule has 6 heteroatoms. The van der Waals surface area contributed by atoms with E-state index in [-0.39, 0.29) is 5.91 Å². The van der Waals surface area contributed by atoms with E-state index in [1.54, 1.807) is 30.2 Å². The van der Waals surface area contributed by atoms with Gasteiger partial charge in [0.25, 0.3) is 0 Å². The zero-order chi connectivity index (χ0) is 18.5. The number of ether oxygens (including phenoxy) is 1. The van der Waals surface area contributed by atoms with Crippen molar-refractivity contribution < 1.29 is 9.53 Å². The number of aryl methyl sites for hydroxylation is 2. The molecule has 3 rings (SSSR count). The summed E-state index contributed by atoms with van der Waals surface area (Å²) in [7, 11) is 1.67. The molecule has 0 fully saturated rings. The molecular formula is C20H22N2O2S2. The number of hydrogen-bond acceptors (Lipinski definition) is 4. The first kappa shape index (κ1) is 18.7. The second kappa shape index (κ2) is 8.56. The van der Waals surface area contributed by atoms with Crippen molar-refractivity contribution in [3.8, 4) is 5.75 Å². The number of hydrogen-bond donors (Lipinski definition) is 0. The molecular weight excluding hydrogens is 364 g/mol. The second-order valence-electron chi connectivity index (χ2n) is 5.81. The van der Waals surface area contributed by atoms with Crippen LogP contribution in [0.5, 0.6) is 5.75 Å². The molecule has 0 spiro atoms. The molecule has 0 aliphatic carbocycles. The highest BCUT2D eigenvalue weighted by molar-refractivity contribution is 7.99. The number of rotatable bonds is 6. The van der Waals surface area contributed by atoms with Gasteiger partial charge in [0.15, 0.2) is 4.80 Å². The minimum Gasteiger partial charge on any atom is -0.495 e. The molecule has 4 nitrogen and oxygen atoms in total. The zero-order valence-corrected chi connectivity index (χ0v) is 16.8. The number of aromatic nitrogens is 1. The normalized spacial score (nSPS) is 11.9. The van der Waals surface area contributed by atoms with Gasteiger partial charge in [0.1, 0.15) is 11.3 Å². The highest BCUT2D eigenvalue weighted by Crippen LogP contribution is 2.30. The van der Waals surface area contributed by atoms with E-state index in [4.69, 9.17) is 4.74 Å². The molecule has 0 atom stereocenters. The summed E-state index contributed by atoms with van der Waals surface area (Å²) in [5, 5.41) is 0. The van der Waals surface area contributed by atoms with Crippen LogP contribution in [0.2, 0.25) is 0 Å². The number of benzene rings is 2. The van der Waals surface area contributed by atoms with E-state index in [0.717, 1.165) is 33.1 Å². The maximum absolute atomic E-state index is 12.4. The fourth-order valence-electron chi connectivity index (χ4n) is 2.76. The van der Waals surface area contributed by atoms with Gasteiger partial charge in [0.2, 0.25) is 5.91 Å². The molecule has 1 aromatic heterocycles. The number of carbonyl (C=O) groups excluding carboxylic acids is 1. The number of nitrogens with zero attached hydrogens (tertiary/aromatic N) is 2. The van der Waals surface area contributed by atoms with E-state index < -0.39 is 0 Å². The van der Waals surface area contributed by atoms with Crippen molar-refractivity contribution in [1.82, 2.24) is 4.57 Å². The number of methoxy groups -OCH3 is 1. The Bertz CT molecular complexity index is 975. The maximum atomic E-state index is 12.4. The average molecular weight is 387 g/mol. The van der Waals surface area contributed by atoms with Gasteiger partial charge in [0, 0.05) is 23.6 Å². The monoisotopic (exact) mass is 386 g/mol. The molecule has 0 N–H and O–H groups in total. The molecule has 3 aromatic rings. The minimum atomic E-state index is -0.0844. The number of thioether (sulfide) groups is 1. The van der Waals surface area contributed by atoms with Crippen LogP contribution < -0.4 is 9.54 Å². The Balaban J connectivity index is 1.84. The maximum Gasteiger partial charge on any atom is 0.249 e. The number of fused-ring (bicyclic) bond motifs is 1. The van der Waals surface area contributed by atoms with Gasteiger partial charge in [-0.2, -0.15) is 4.99 Å². The predicted molar refractivity (Wildman–Crippen MR) is 109 cm³/mol. The zero-order valence-electron chi connectivity index (χ0n) is 15.2. The molecule has 0 aliphatic heterocycles. The van der Waals surface area contributed by atoms with Crippen molar-refractivity contribution in [2.24, 2.45) is 4.99 Å². The van der Waals surface area contributed by atoms with E-state index in [0.29, 0.717) is 6.42 Å². The van der Waals surface area contributed by atoms with Gasteiger partial charge < -0.3 is 9.30 Å². The SMILES string of the molecule is CCn1c(=NC(=O)CCSc2ccccc2)sc2c(C)ccc(OC)c21. The van der Waals surface area contributed by atoms with E-state index in [1.165, 1.54) is 10.5 Å². The van der Waals surface area contributed by atoms with Crippen LogP contribution in [0, 0.1) is 6.92 Å². The number of amides is 1. The Hall–Kier alpha value is -2.05. The lowest BCUT2D eigenvalue weighted by Crippen LogP contribution is -2.16. The number of thiazole rings is 1. The van der Waals surface area contributed by atoms with E-state index >= 15 is 0 Å². The lowest BCUT2D eigenvalue weighted by molar-refractivity contribution is -0.117. The lowest BCUT2D eigenvalue weighted by atomic mass is 10.2. The first-order valence-electron chi connectivity index (χ1n) is 8.56. The summed E-state index contributed by atoms with van der Waals surface area (Å²) < 4.78 is 8.70. The van der Waals surface area contributed by atoms with E-state index in [1.807, 2.05) is 30.3 Å². The first-order chi connectivity index (χ1) is 12.6. The van der Waals surface area contributed by atoms with Crippen molar-refractivity contribution in [2.75, 3.05) is 12.9 Å². The third-order valence-electron chi connectivity index (χ3n) is 4.07. The molecule has 0 saturated carbocycles. The molecule has 0 bridgehead atoms. The van der Waals surface area contributed by atoms with Crippen molar-refractivity contribution in [1.29, 1.82) is 0 Å². The van der Waals surface area contributed by atoms with Crippen LogP contribution in [-0.4, -0.2) is 23.3 Å². The van der Waals surface area contributed by atoms with Crippen LogP contribution in [0.15, 0.2) is 52.4 Å². The van der Waals surface area contributed by atoms with Crippen LogP contribution in [0.4, 0.5) is 0 Å². The molecule has 1 heterocycles. The van der Waals surface area contributed by atoms with E-state index in [2.05, 4.69) is 35.5 Å². The quantitative estimate of drug-likeness (QED) is 0.579. The largest absolute Gasteiger partial charge is 0.495 e. The molecule has 0 saturated heterocycles. The van der Waals surface area contributed by atoms with Crippen molar-refractivity contribution in [3.63, 3.8) is 0 Å². The van der Waals surface area contributed by atoms with Gasteiger partial charge in [-0.1, -0.05) is 35.6 Å². The van der Waals surface area contributed by atoms with Crippen molar-refractivity contribution in [3.05, 3.63) is 52.8 Å². The lowest BCUT2D eigenvalue weighted by Gasteiger charge is -2.07. The van der Waals surface area contributed by atoms with Gasteiger partial charge in [-0.3, -0.25) is 4.79 Å². The van der Waals surface area contributed by atoms with Crippen LogP contribution >= 0.6 is 23.1 Å². The van der Waals surface area contributed by atoms with Crippen molar-refractivity contribution in [2.45, 2.75) is 31.7 Å². The summed E-state index contributed by atoms with van der Waals surface area (Å²) in [5.74, 6) is 1.46. The van der Waals surface area contributed by atoms with Gasteiger partial charge >= 0.3 is 0 Å². The second-order valence-corrected chi connectivity index (χ2v) is 7.95. The fraction of sp³-hybridized carbons (Fsp3) is 0.300. The highest BCUT2D eigenvalue weighted by Gasteiger charge is 2.13. The van der Waals surface area contributed by atoms with Crippen LogP contribution in [0.25, 0.3) is 10.2 Å². The summed E-state index contributed by atoms with van der Waals surface area (Å²) in [6, 6.07) is 14.1. The summed E-state index contributed by atoms with van der Waals surface area (Å²) in [6.45, 7) is 4.87. The molecule has 0 radical (unpaired) electrons. The third-order valence-corrected chi connectivity index (χ3v) is 6.30. The minimum absolute atomic E-state index is 0.0844. The van der Waals surface area contributed by atoms with Gasteiger partial charge in [-0.05, 0) is 37.6 Å². The standard InChI is InChI=1S/C20H22N2O2S2/c1-4-22-18-16(24-3)11-10-14(2)19(18)26-20(22)21-17(23)12-13-25-15-8-6-5-7-9-15/h5-11H,4,12-13H2,1-3H3.